The quantitative estimate of drug-likeness (QED) is 0.751. The summed E-state index contributed by atoms with van der Waals surface area (Å²) < 4.78 is 6.54. The molecular formula is C19H24N4O4. The Bertz CT molecular complexity index is 881. The monoisotopic (exact) mass is 372 g/mol. The maximum Gasteiger partial charge on any atom is 0.306 e. The van der Waals surface area contributed by atoms with Gasteiger partial charge in [0.2, 0.25) is 5.91 Å². The number of esters is 1. The van der Waals surface area contributed by atoms with Gasteiger partial charge >= 0.3 is 5.97 Å². The van der Waals surface area contributed by atoms with Gasteiger partial charge in [-0.15, -0.1) is 0 Å². The molecule has 2 heterocycles. The topological polar surface area (TPSA) is 84.7 Å². The van der Waals surface area contributed by atoms with Crippen molar-refractivity contribution >= 4 is 28.8 Å². The number of methoxy groups -OCH3 is 1. The molecule has 0 saturated carbocycles. The average Bonchev–Trinajstić information content (AvgIpc) is 2.98. The van der Waals surface area contributed by atoms with Crippen LogP contribution in [0.15, 0.2) is 18.2 Å². The second kappa shape index (κ2) is 7.77. The summed E-state index contributed by atoms with van der Waals surface area (Å²) >= 11 is 0. The number of carbonyl (C=O) groups excluding carboxylic acids is 3. The summed E-state index contributed by atoms with van der Waals surface area (Å²) in [5, 5.41) is 0. The molecule has 2 amide bonds. The number of aryl methyl sites for hydroxylation is 2. The number of nitrogens with zero attached hydrogens (tertiary/aromatic N) is 4. The van der Waals surface area contributed by atoms with Gasteiger partial charge in [0.15, 0.2) is 0 Å². The van der Waals surface area contributed by atoms with E-state index in [-0.39, 0.29) is 24.7 Å². The maximum atomic E-state index is 12.8. The molecule has 0 unspecified atom stereocenters. The van der Waals surface area contributed by atoms with Crippen LogP contribution in [0.2, 0.25) is 0 Å². The van der Waals surface area contributed by atoms with Crippen molar-refractivity contribution < 1.29 is 19.1 Å². The fraction of sp³-hybridized carbons (Fsp3) is 0.474. The number of hydrogen-bond acceptors (Lipinski definition) is 5. The van der Waals surface area contributed by atoms with Crippen molar-refractivity contribution in [2.45, 2.75) is 19.8 Å². The Morgan fingerprint density at radius 3 is 2.41 bits per heavy atom. The van der Waals surface area contributed by atoms with Crippen molar-refractivity contribution in [1.82, 2.24) is 19.4 Å². The highest BCUT2D eigenvalue weighted by atomic mass is 16.5. The molecule has 0 aliphatic carbocycles. The lowest BCUT2D eigenvalue weighted by Gasteiger charge is -2.34. The average molecular weight is 372 g/mol. The van der Waals surface area contributed by atoms with Gasteiger partial charge in [0.05, 0.1) is 24.6 Å². The molecule has 3 rings (SSSR count). The van der Waals surface area contributed by atoms with Crippen LogP contribution in [0.3, 0.4) is 0 Å². The molecule has 8 nitrogen and oxygen atoms in total. The third-order valence-corrected chi connectivity index (χ3v) is 5.04. The molecule has 1 saturated heterocycles. The van der Waals surface area contributed by atoms with E-state index in [4.69, 9.17) is 0 Å². The molecule has 0 N–H and O–H groups in total. The lowest BCUT2D eigenvalue weighted by atomic mass is 10.1. The highest BCUT2D eigenvalue weighted by Gasteiger charge is 2.25. The number of aromatic nitrogens is 2. The minimum Gasteiger partial charge on any atom is -0.469 e. The van der Waals surface area contributed by atoms with E-state index in [1.54, 1.807) is 9.80 Å². The molecule has 1 aliphatic heterocycles. The Morgan fingerprint density at radius 2 is 1.74 bits per heavy atom. The van der Waals surface area contributed by atoms with Gasteiger partial charge < -0.3 is 19.1 Å². The number of ether oxygens (including phenoxy) is 1. The van der Waals surface area contributed by atoms with Crippen molar-refractivity contribution in [3.63, 3.8) is 0 Å². The van der Waals surface area contributed by atoms with Gasteiger partial charge in [-0.3, -0.25) is 14.4 Å². The lowest BCUT2D eigenvalue weighted by molar-refractivity contribution is -0.143. The molecule has 1 aromatic carbocycles. The van der Waals surface area contributed by atoms with E-state index in [0.29, 0.717) is 31.7 Å². The van der Waals surface area contributed by atoms with Crippen molar-refractivity contribution in [3.05, 3.63) is 29.6 Å². The molecule has 0 radical (unpaired) electrons. The standard InChI is InChI=1S/C19H24N4O4/c1-13-20-15-12-14(4-5-16(15)21(13)2)19(26)23-10-8-22(9-11-23)17(24)6-7-18(25)27-3/h4-5,12H,6-11H2,1-3H3. The number of piperazine rings is 1. The summed E-state index contributed by atoms with van der Waals surface area (Å²) in [5.41, 5.74) is 2.40. The lowest BCUT2D eigenvalue weighted by Crippen LogP contribution is -2.50. The second-order valence-electron chi connectivity index (χ2n) is 6.67. The number of amides is 2. The third-order valence-electron chi connectivity index (χ3n) is 5.04. The van der Waals surface area contributed by atoms with E-state index < -0.39 is 5.97 Å². The van der Waals surface area contributed by atoms with Gasteiger partial charge in [-0.05, 0) is 25.1 Å². The number of rotatable bonds is 4. The van der Waals surface area contributed by atoms with E-state index in [9.17, 15) is 14.4 Å². The summed E-state index contributed by atoms with van der Waals surface area (Å²) in [7, 11) is 3.25. The molecule has 1 aliphatic rings. The number of benzene rings is 1. The Balaban J connectivity index is 1.60. The van der Waals surface area contributed by atoms with Crippen LogP contribution in [0, 0.1) is 6.92 Å². The van der Waals surface area contributed by atoms with Crippen molar-refractivity contribution in [2.75, 3.05) is 33.3 Å². The van der Waals surface area contributed by atoms with Crippen LogP contribution in [0.1, 0.15) is 29.0 Å². The zero-order chi connectivity index (χ0) is 19.6. The normalized spacial score (nSPS) is 14.5. The molecule has 8 heteroatoms. The van der Waals surface area contributed by atoms with Gasteiger partial charge in [0, 0.05) is 45.2 Å². The summed E-state index contributed by atoms with van der Waals surface area (Å²) in [6, 6.07) is 5.55. The molecule has 0 atom stereocenters. The number of hydrogen-bond donors (Lipinski definition) is 0. The van der Waals surface area contributed by atoms with Gasteiger partial charge in [-0.2, -0.15) is 0 Å². The van der Waals surface area contributed by atoms with Crippen molar-refractivity contribution in [3.8, 4) is 0 Å². The van der Waals surface area contributed by atoms with Crippen LogP contribution >= 0.6 is 0 Å². The minimum atomic E-state index is -0.391. The predicted molar refractivity (Wildman–Crippen MR) is 99.2 cm³/mol. The van der Waals surface area contributed by atoms with Gasteiger partial charge in [0.1, 0.15) is 5.82 Å². The van der Waals surface area contributed by atoms with E-state index in [0.717, 1.165) is 16.9 Å². The van der Waals surface area contributed by atoms with Crippen molar-refractivity contribution in [2.24, 2.45) is 7.05 Å². The molecule has 144 valence electrons. The second-order valence-corrected chi connectivity index (χ2v) is 6.67. The minimum absolute atomic E-state index is 0.0538. The Morgan fingerprint density at radius 1 is 1.07 bits per heavy atom. The fourth-order valence-electron chi connectivity index (χ4n) is 3.26. The van der Waals surface area contributed by atoms with E-state index >= 15 is 0 Å². The molecule has 0 bridgehead atoms. The Hall–Kier alpha value is -2.90. The largest absolute Gasteiger partial charge is 0.469 e. The number of fused-ring (bicyclic) bond motifs is 1. The van der Waals surface area contributed by atoms with Crippen LogP contribution < -0.4 is 0 Å². The van der Waals surface area contributed by atoms with Gasteiger partial charge in [0.25, 0.3) is 5.91 Å². The first-order valence-corrected chi connectivity index (χ1v) is 8.97. The highest BCUT2D eigenvalue weighted by Crippen LogP contribution is 2.18. The summed E-state index contributed by atoms with van der Waals surface area (Å²) in [5.74, 6) is 0.366. The van der Waals surface area contributed by atoms with Crippen LogP contribution in [-0.2, 0) is 21.4 Å². The van der Waals surface area contributed by atoms with Gasteiger partial charge in [-0.25, -0.2) is 4.98 Å². The third kappa shape index (κ3) is 3.94. The van der Waals surface area contributed by atoms with E-state index in [2.05, 4.69) is 9.72 Å². The van der Waals surface area contributed by atoms with Crippen molar-refractivity contribution in [1.29, 1.82) is 0 Å². The summed E-state index contributed by atoms with van der Waals surface area (Å²) in [6.45, 7) is 3.81. The summed E-state index contributed by atoms with van der Waals surface area (Å²) in [6.07, 6.45) is 0.217. The predicted octanol–water partition coefficient (Wildman–Crippen LogP) is 1.12. The zero-order valence-electron chi connectivity index (χ0n) is 15.9. The Labute approximate surface area is 157 Å². The maximum absolute atomic E-state index is 12.8. The smallest absolute Gasteiger partial charge is 0.306 e. The van der Waals surface area contributed by atoms with Crippen LogP contribution in [0.5, 0.6) is 0 Å². The molecular weight excluding hydrogens is 348 g/mol. The molecule has 1 aromatic heterocycles. The van der Waals surface area contributed by atoms with E-state index in [1.807, 2.05) is 36.7 Å². The molecule has 27 heavy (non-hydrogen) atoms. The molecule has 2 aromatic rings. The first kappa shape index (κ1) is 18.9. The number of carbonyl (C=O) groups is 3. The molecule has 1 fully saturated rings. The van der Waals surface area contributed by atoms with Crippen LogP contribution in [0.25, 0.3) is 11.0 Å². The first-order chi connectivity index (χ1) is 12.9. The molecule has 0 spiro atoms. The zero-order valence-corrected chi connectivity index (χ0v) is 15.9. The van der Waals surface area contributed by atoms with Gasteiger partial charge in [-0.1, -0.05) is 0 Å². The number of imidazole rings is 1. The van der Waals surface area contributed by atoms with Crippen LogP contribution in [0.4, 0.5) is 0 Å². The first-order valence-electron chi connectivity index (χ1n) is 8.97. The Kier molecular flexibility index (Phi) is 5.43. The van der Waals surface area contributed by atoms with Crippen LogP contribution in [-0.4, -0.2) is 70.4 Å². The summed E-state index contributed by atoms with van der Waals surface area (Å²) in [4.78, 5) is 44.0. The highest BCUT2D eigenvalue weighted by molar-refractivity contribution is 5.97. The SMILES string of the molecule is COC(=O)CCC(=O)N1CCN(C(=O)c2ccc3c(c2)nc(C)n3C)CC1. The van der Waals surface area contributed by atoms with E-state index in [1.165, 1.54) is 7.11 Å². The fourth-order valence-corrected chi connectivity index (χ4v) is 3.26.